The van der Waals surface area contributed by atoms with Crippen molar-refractivity contribution in [3.05, 3.63) is 101 Å². The van der Waals surface area contributed by atoms with Crippen molar-refractivity contribution in [2.45, 2.75) is 36.4 Å². The largest absolute Gasteiger partial charge is 0.482 e. The van der Waals surface area contributed by atoms with E-state index in [1.165, 1.54) is 0 Å². The molecule has 0 unspecified atom stereocenters. The van der Waals surface area contributed by atoms with Gasteiger partial charge < -0.3 is 10.1 Å². The Morgan fingerprint density at radius 3 is 2.15 bits per heavy atom. The summed E-state index contributed by atoms with van der Waals surface area (Å²) >= 11 is 0. The molecular formula is C27H26N2O3S. The second-order valence-electron chi connectivity index (χ2n) is 9.04. The van der Waals surface area contributed by atoms with Crippen LogP contribution in [0.2, 0.25) is 0 Å². The van der Waals surface area contributed by atoms with Gasteiger partial charge in [0, 0.05) is 31.5 Å². The number of sulfonamides is 1. The lowest BCUT2D eigenvalue weighted by atomic mass is 9.83. The second-order valence-corrected chi connectivity index (χ2v) is 11.0. The van der Waals surface area contributed by atoms with Crippen molar-refractivity contribution >= 4 is 15.6 Å². The molecule has 3 aliphatic heterocycles. The Balaban J connectivity index is 1.34. The molecule has 0 saturated carbocycles. The van der Waals surface area contributed by atoms with Crippen LogP contribution in [0, 0.1) is 0 Å². The number of nitrogens with one attached hydrogen (secondary N) is 1. The Kier molecular flexibility index (Phi) is 4.91. The minimum Gasteiger partial charge on any atom is -0.482 e. The lowest BCUT2D eigenvalue weighted by Gasteiger charge is -2.40. The van der Waals surface area contributed by atoms with E-state index >= 15 is 0 Å². The molecular weight excluding hydrogens is 432 g/mol. The standard InChI is InChI=1S/C27H26N2O3S/c30-33(31,29-18-21-5-1-2-6-22(21)19-29)23-11-9-20(10-12-23)25-17-27(13-15-28-16-14-27)32-26-8-4-3-7-24(25)26/h1-12,17,28H,13-16,18-19H2. The topological polar surface area (TPSA) is 58.6 Å². The fourth-order valence-corrected chi connectivity index (χ4v) is 6.53. The summed E-state index contributed by atoms with van der Waals surface area (Å²) in [6.45, 7) is 2.68. The van der Waals surface area contributed by atoms with Gasteiger partial charge in [-0.2, -0.15) is 4.31 Å². The first-order valence-corrected chi connectivity index (χ1v) is 12.9. The molecule has 168 valence electrons. The quantitative estimate of drug-likeness (QED) is 0.635. The van der Waals surface area contributed by atoms with Gasteiger partial charge in [-0.3, -0.25) is 0 Å². The SMILES string of the molecule is O=S(=O)(c1ccc(C2=CC3(CCNCC3)Oc3ccccc32)cc1)N1Cc2ccccc2C1. The molecule has 3 aromatic rings. The zero-order valence-electron chi connectivity index (χ0n) is 18.3. The first-order chi connectivity index (χ1) is 16.0. The van der Waals surface area contributed by atoms with Crippen molar-refractivity contribution < 1.29 is 13.2 Å². The molecule has 6 heteroatoms. The summed E-state index contributed by atoms with van der Waals surface area (Å²) in [4.78, 5) is 0.330. The molecule has 33 heavy (non-hydrogen) atoms. The van der Waals surface area contributed by atoms with Gasteiger partial charge in [-0.05, 0) is 59.6 Å². The van der Waals surface area contributed by atoms with Crippen LogP contribution in [-0.4, -0.2) is 31.4 Å². The van der Waals surface area contributed by atoms with Gasteiger partial charge in [-0.15, -0.1) is 0 Å². The lowest BCUT2D eigenvalue weighted by Crippen LogP contribution is -2.46. The van der Waals surface area contributed by atoms with Crippen LogP contribution in [0.25, 0.3) is 5.57 Å². The molecule has 0 aliphatic carbocycles. The molecule has 1 spiro atoms. The van der Waals surface area contributed by atoms with Crippen LogP contribution in [0.5, 0.6) is 5.75 Å². The van der Waals surface area contributed by atoms with Crippen molar-refractivity contribution in [3.63, 3.8) is 0 Å². The van der Waals surface area contributed by atoms with Gasteiger partial charge in [0.2, 0.25) is 10.0 Å². The van der Waals surface area contributed by atoms with E-state index in [1.807, 2.05) is 54.6 Å². The van der Waals surface area contributed by atoms with Gasteiger partial charge in [-0.25, -0.2) is 8.42 Å². The molecule has 0 amide bonds. The number of hydrogen-bond acceptors (Lipinski definition) is 4. The molecule has 1 saturated heterocycles. The van der Waals surface area contributed by atoms with Gasteiger partial charge in [0.1, 0.15) is 11.4 Å². The third kappa shape index (κ3) is 3.59. The number of rotatable bonds is 3. The van der Waals surface area contributed by atoms with E-state index in [0.717, 1.165) is 59.5 Å². The molecule has 6 rings (SSSR count). The van der Waals surface area contributed by atoms with Crippen LogP contribution < -0.4 is 10.1 Å². The van der Waals surface area contributed by atoms with Crippen LogP contribution in [-0.2, 0) is 23.1 Å². The first kappa shape index (κ1) is 20.7. The lowest BCUT2D eigenvalue weighted by molar-refractivity contribution is 0.0817. The first-order valence-electron chi connectivity index (χ1n) is 11.4. The Hall–Kier alpha value is -2.93. The molecule has 0 radical (unpaired) electrons. The summed E-state index contributed by atoms with van der Waals surface area (Å²) < 4.78 is 34.7. The average molecular weight is 459 g/mol. The van der Waals surface area contributed by atoms with E-state index in [0.29, 0.717) is 18.0 Å². The monoisotopic (exact) mass is 458 g/mol. The van der Waals surface area contributed by atoms with Gasteiger partial charge in [0.05, 0.1) is 4.90 Å². The summed E-state index contributed by atoms with van der Waals surface area (Å²) in [6.07, 6.45) is 4.07. The highest BCUT2D eigenvalue weighted by molar-refractivity contribution is 7.89. The van der Waals surface area contributed by atoms with Crippen molar-refractivity contribution in [3.8, 4) is 5.75 Å². The predicted molar refractivity (Wildman–Crippen MR) is 128 cm³/mol. The molecule has 3 heterocycles. The summed E-state index contributed by atoms with van der Waals surface area (Å²) in [6, 6.07) is 23.4. The fourth-order valence-electron chi connectivity index (χ4n) is 5.13. The minimum atomic E-state index is -3.56. The minimum absolute atomic E-state index is 0.318. The molecule has 5 nitrogen and oxygen atoms in total. The molecule has 0 aromatic heterocycles. The maximum absolute atomic E-state index is 13.3. The number of benzene rings is 3. The van der Waals surface area contributed by atoms with E-state index in [4.69, 9.17) is 4.74 Å². The fraction of sp³-hybridized carbons (Fsp3) is 0.259. The number of fused-ring (bicyclic) bond motifs is 2. The highest BCUT2D eigenvalue weighted by atomic mass is 32.2. The number of ether oxygens (including phenoxy) is 1. The van der Waals surface area contributed by atoms with Crippen LogP contribution in [0.3, 0.4) is 0 Å². The Morgan fingerprint density at radius 1 is 0.818 bits per heavy atom. The van der Waals surface area contributed by atoms with Crippen LogP contribution in [0.4, 0.5) is 0 Å². The molecule has 3 aromatic carbocycles. The van der Waals surface area contributed by atoms with E-state index in [1.54, 1.807) is 16.4 Å². The molecule has 3 aliphatic rings. The maximum Gasteiger partial charge on any atom is 0.243 e. The predicted octanol–water partition coefficient (Wildman–Crippen LogP) is 4.34. The number of piperidine rings is 1. The maximum atomic E-state index is 13.3. The van der Waals surface area contributed by atoms with Crippen molar-refractivity contribution in [1.82, 2.24) is 9.62 Å². The molecule has 1 fully saturated rings. The average Bonchev–Trinajstić information content (AvgIpc) is 3.30. The summed E-state index contributed by atoms with van der Waals surface area (Å²) in [5.74, 6) is 0.892. The van der Waals surface area contributed by atoms with Crippen molar-refractivity contribution in [2.75, 3.05) is 13.1 Å². The van der Waals surface area contributed by atoms with Gasteiger partial charge in [0.15, 0.2) is 0 Å². The molecule has 0 bridgehead atoms. The van der Waals surface area contributed by atoms with Gasteiger partial charge in [-0.1, -0.05) is 54.6 Å². The summed E-state index contributed by atoms with van der Waals surface area (Å²) in [5, 5.41) is 3.41. The number of hydrogen-bond donors (Lipinski definition) is 1. The Labute approximate surface area is 194 Å². The van der Waals surface area contributed by atoms with E-state index < -0.39 is 10.0 Å². The Morgan fingerprint density at radius 2 is 1.45 bits per heavy atom. The van der Waals surface area contributed by atoms with Crippen LogP contribution >= 0.6 is 0 Å². The zero-order valence-corrected chi connectivity index (χ0v) is 19.1. The number of nitrogens with zero attached hydrogens (tertiary/aromatic N) is 1. The van der Waals surface area contributed by atoms with Crippen LogP contribution in [0.15, 0.2) is 83.8 Å². The normalized spacial score (nSPS) is 19.5. The van der Waals surface area contributed by atoms with E-state index in [2.05, 4.69) is 17.5 Å². The second kappa shape index (κ2) is 7.83. The summed E-state index contributed by atoms with van der Waals surface area (Å²) in [5.41, 5.74) is 5.00. The third-order valence-corrected chi connectivity index (χ3v) is 8.77. The van der Waals surface area contributed by atoms with Gasteiger partial charge >= 0.3 is 0 Å². The van der Waals surface area contributed by atoms with Gasteiger partial charge in [0.25, 0.3) is 0 Å². The van der Waals surface area contributed by atoms with Crippen molar-refractivity contribution in [1.29, 1.82) is 0 Å². The highest BCUT2D eigenvalue weighted by Crippen LogP contribution is 2.42. The number of para-hydroxylation sites is 1. The zero-order chi connectivity index (χ0) is 22.5. The third-order valence-electron chi connectivity index (χ3n) is 6.96. The summed E-state index contributed by atoms with van der Waals surface area (Å²) in [7, 11) is -3.56. The molecule has 1 N–H and O–H groups in total. The van der Waals surface area contributed by atoms with E-state index in [9.17, 15) is 8.42 Å². The van der Waals surface area contributed by atoms with Crippen molar-refractivity contribution in [2.24, 2.45) is 0 Å². The smallest absolute Gasteiger partial charge is 0.243 e. The Bertz CT molecular complexity index is 1310. The molecule has 0 atom stereocenters. The highest BCUT2D eigenvalue weighted by Gasteiger charge is 2.37. The van der Waals surface area contributed by atoms with Crippen LogP contribution in [0.1, 0.15) is 35.1 Å². The van der Waals surface area contributed by atoms with E-state index in [-0.39, 0.29) is 5.60 Å².